The van der Waals surface area contributed by atoms with Crippen LogP contribution in [0.25, 0.3) is 0 Å². The van der Waals surface area contributed by atoms with Crippen molar-refractivity contribution in [1.29, 1.82) is 0 Å². The van der Waals surface area contributed by atoms with Gasteiger partial charge in [-0.05, 0) is 18.2 Å². The molecule has 0 aliphatic carbocycles. The molecular weight excluding hydrogens is 366 g/mol. The molecule has 0 radical (unpaired) electrons. The Morgan fingerprint density at radius 1 is 1.31 bits per heavy atom. The van der Waals surface area contributed by atoms with Crippen molar-refractivity contribution < 1.29 is 18.3 Å². The van der Waals surface area contributed by atoms with E-state index >= 15 is 0 Å². The van der Waals surface area contributed by atoms with Crippen LogP contribution >= 0.6 is 0 Å². The van der Waals surface area contributed by atoms with Gasteiger partial charge in [-0.2, -0.15) is 8.42 Å². The van der Waals surface area contributed by atoms with Gasteiger partial charge in [-0.1, -0.05) is 18.2 Å². The zero-order valence-electron chi connectivity index (χ0n) is 13.4. The number of nitrogens with zero attached hydrogens (tertiary/aromatic N) is 7. The third-order valence-corrected chi connectivity index (χ3v) is 4.73. The average molecular weight is 379 g/mol. The molecule has 2 aromatic rings. The summed E-state index contributed by atoms with van der Waals surface area (Å²) in [6.45, 7) is 0. The largest absolute Gasteiger partial charge is 0.355 e. The number of allylic oxidation sites excluding steroid dienone is 1. The van der Waals surface area contributed by atoms with Gasteiger partial charge in [0.25, 0.3) is 5.16 Å². The summed E-state index contributed by atoms with van der Waals surface area (Å²) in [6.07, 6.45) is 4.91. The van der Waals surface area contributed by atoms with E-state index < -0.39 is 26.5 Å². The average Bonchev–Trinajstić information content (AvgIpc) is 3.13. The van der Waals surface area contributed by atoms with Gasteiger partial charge in [-0.3, -0.25) is 4.84 Å². The van der Waals surface area contributed by atoms with Gasteiger partial charge in [0.2, 0.25) is 6.29 Å². The Labute approximate surface area is 147 Å². The Balaban J connectivity index is 1.98. The second kappa shape index (κ2) is 6.89. The summed E-state index contributed by atoms with van der Waals surface area (Å²) in [5.74, 6) is 0. The smallest absolute Gasteiger partial charge is 0.274 e. The van der Waals surface area contributed by atoms with Crippen LogP contribution in [-0.4, -0.2) is 46.6 Å². The molecule has 2 heterocycles. The fourth-order valence-corrected chi connectivity index (χ4v) is 3.28. The van der Waals surface area contributed by atoms with E-state index in [0.717, 1.165) is 11.0 Å². The fourth-order valence-electron chi connectivity index (χ4n) is 2.17. The fraction of sp³-hybridized carbons (Fsp3) is 0.154. The van der Waals surface area contributed by atoms with Gasteiger partial charge < -0.3 is 0 Å². The van der Waals surface area contributed by atoms with E-state index in [-0.39, 0.29) is 10.1 Å². The third kappa shape index (κ3) is 3.12. The normalized spacial score (nSPS) is 16.7. The van der Waals surface area contributed by atoms with Crippen LogP contribution in [0.3, 0.4) is 0 Å². The van der Waals surface area contributed by atoms with E-state index in [9.17, 15) is 18.5 Å². The first-order valence-electron chi connectivity index (χ1n) is 7.13. The number of benzene rings is 1. The van der Waals surface area contributed by atoms with E-state index in [1.54, 1.807) is 18.3 Å². The maximum atomic E-state index is 12.7. The number of hydroxylamine groups is 2. The zero-order chi connectivity index (χ0) is 18.7. The van der Waals surface area contributed by atoms with Crippen LogP contribution in [0.15, 0.2) is 59.1 Å². The van der Waals surface area contributed by atoms with Crippen molar-refractivity contribution in [3.8, 4) is 0 Å². The number of hydrogen-bond acceptors (Lipinski definition) is 9. The summed E-state index contributed by atoms with van der Waals surface area (Å²) in [4.78, 5) is 24.2. The highest BCUT2D eigenvalue weighted by molar-refractivity contribution is 7.92. The molecule has 0 saturated heterocycles. The number of anilines is 1. The van der Waals surface area contributed by atoms with Crippen LogP contribution < -0.4 is 4.41 Å². The molecule has 0 fully saturated rings. The Morgan fingerprint density at radius 3 is 2.69 bits per heavy atom. The van der Waals surface area contributed by atoms with Crippen LogP contribution in [0.2, 0.25) is 0 Å². The number of aromatic nitrogens is 3. The standard InChI is InChI=1S/C13H13N7O5S/c1-25-18-9-5-8-14-13(18)17-10-15-12(16-17)26(23,24)19(20(21)22)11-6-3-2-4-7-11/h2-10,13H,1H3. The number of para-hydroxylation sites is 1. The first kappa shape index (κ1) is 17.5. The lowest BCUT2D eigenvalue weighted by molar-refractivity contribution is -0.474. The molecule has 1 aromatic heterocycles. The van der Waals surface area contributed by atoms with Crippen molar-refractivity contribution in [3.63, 3.8) is 0 Å². The maximum absolute atomic E-state index is 12.7. The van der Waals surface area contributed by atoms with Gasteiger partial charge in [0, 0.05) is 16.8 Å². The van der Waals surface area contributed by atoms with E-state index in [1.807, 2.05) is 0 Å². The predicted octanol–water partition coefficient (Wildman–Crippen LogP) is 0.583. The molecule has 1 aliphatic heterocycles. The first-order chi connectivity index (χ1) is 12.4. The maximum Gasteiger partial charge on any atom is 0.355 e. The molecule has 0 N–H and O–H groups in total. The number of hydrogen-bond donors (Lipinski definition) is 0. The van der Waals surface area contributed by atoms with Crippen molar-refractivity contribution >= 4 is 21.9 Å². The lowest BCUT2D eigenvalue weighted by Gasteiger charge is -2.26. The Hall–Kier alpha value is -3.32. The molecule has 12 nitrogen and oxygen atoms in total. The molecule has 136 valence electrons. The second-order valence-electron chi connectivity index (χ2n) is 4.86. The highest BCUT2D eigenvalue weighted by Crippen LogP contribution is 2.23. The van der Waals surface area contributed by atoms with Crippen molar-refractivity contribution in [2.45, 2.75) is 11.4 Å². The molecule has 0 bridgehead atoms. The number of rotatable bonds is 6. The molecule has 1 aromatic carbocycles. The molecule has 1 unspecified atom stereocenters. The zero-order valence-corrected chi connectivity index (χ0v) is 14.2. The quantitative estimate of drug-likeness (QED) is 0.525. The molecule has 1 atom stereocenters. The van der Waals surface area contributed by atoms with Crippen LogP contribution in [0.5, 0.6) is 0 Å². The molecule has 0 spiro atoms. The molecule has 26 heavy (non-hydrogen) atoms. The van der Waals surface area contributed by atoms with Gasteiger partial charge in [0.15, 0.2) is 5.03 Å². The topological polar surface area (TPSA) is 136 Å². The van der Waals surface area contributed by atoms with Crippen molar-refractivity contribution in [2.24, 2.45) is 4.99 Å². The predicted molar refractivity (Wildman–Crippen MR) is 88.6 cm³/mol. The molecule has 0 amide bonds. The highest BCUT2D eigenvalue weighted by atomic mass is 32.2. The van der Waals surface area contributed by atoms with Crippen LogP contribution in [-0.2, 0) is 14.9 Å². The van der Waals surface area contributed by atoms with E-state index in [4.69, 9.17) is 4.84 Å². The lowest BCUT2D eigenvalue weighted by Crippen LogP contribution is -2.37. The second-order valence-corrected chi connectivity index (χ2v) is 6.52. The molecular formula is C13H13N7O5S. The van der Waals surface area contributed by atoms with Crippen molar-refractivity contribution in [3.05, 3.63) is 59.0 Å². The molecule has 13 heteroatoms. The summed E-state index contributed by atoms with van der Waals surface area (Å²) in [5.41, 5.74) is -0.147. The highest BCUT2D eigenvalue weighted by Gasteiger charge is 2.38. The van der Waals surface area contributed by atoms with E-state index in [0.29, 0.717) is 0 Å². The SMILES string of the molecule is CON1C=CC=NC1n1cnc(S(=O)(=O)N(c2ccccc2)[N+](=O)[O-])n1. The van der Waals surface area contributed by atoms with Gasteiger partial charge in [-0.25, -0.2) is 29.8 Å². The summed E-state index contributed by atoms with van der Waals surface area (Å²) in [5, 5.41) is 14.7. The Morgan fingerprint density at radius 2 is 2.04 bits per heavy atom. The summed E-state index contributed by atoms with van der Waals surface area (Å²) < 4.78 is 26.5. The minimum absolute atomic E-state index is 0.0187. The van der Waals surface area contributed by atoms with Crippen LogP contribution in [0.4, 0.5) is 5.69 Å². The van der Waals surface area contributed by atoms with Gasteiger partial charge in [0.05, 0.1) is 7.11 Å². The van der Waals surface area contributed by atoms with Crippen molar-refractivity contribution in [2.75, 3.05) is 11.5 Å². The monoisotopic (exact) mass is 379 g/mol. The third-order valence-electron chi connectivity index (χ3n) is 3.28. The van der Waals surface area contributed by atoms with Gasteiger partial charge >= 0.3 is 10.0 Å². The number of sulfonamides is 1. The Bertz CT molecular complexity index is 956. The van der Waals surface area contributed by atoms with Gasteiger partial charge in [-0.15, -0.1) is 5.10 Å². The lowest BCUT2D eigenvalue weighted by atomic mass is 10.3. The Kier molecular flexibility index (Phi) is 4.64. The van der Waals surface area contributed by atoms with Crippen molar-refractivity contribution in [1.82, 2.24) is 19.8 Å². The number of hydrazine groups is 1. The molecule has 1 aliphatic rings. The molecule has 3 rings (SSSR count). The summed E-state index contributed by atoms with van der Waals surface area (Å²) in [6, 6.07) is 7.15. The van der Waals surface area contributed by atoms with Gasteiger partial charge in [0.1, 0.15) is 12.0 Å². The molecule has 0 saturated carbocycles. The summed E-state index contributed by atoms with van der Waals surface area (Å²) in [7, 11) is -3.23. The van der Waals surface area contributed by atoms with E-state index in [1.165, 1.54) is 42.7 Å². The number of nitro groups is 1. The van der Waals surface area contributed by atoms with Crippen LogP contribution in [0.1, 0.15) is 6.29 Å². The summed E-state index contributed by atoms with van der Waals surface area (Å²) >= 11 is 0. The van der Waals surface area contributed by atoms with E-state index in [2.05, 4.69) is 15.1 Å². The first-order valence-corrected chi connectivity index (χ1v) is 8.57. The minimum Gasteiger partial charge on any atom is -0.274 e. The number of aliphatic imine (C=N–C) groups is 1. The minimum atomic E-state index is -4.63. The van der Waals surface area contributed by atoms with Crippen LogP contribution in [0, 0.1) is 10.1 Å².